The average molecular weight is 1250 g/mol. The summed E-state index contributed by atoms with van der Waals surface area (Å²) in [6.45, 7) is 24.8. The summed E-state index contributed by atoms with van der Waals surface area (Å²) >= 11 is 0. The lowest BCUT2D eigenvalue weighted by Gasteiger charge is -2.54. The van der Waals surface area contributed by atoms with Crippen molar-refractivity contribution in [2.75, 3.05) is 13.1 Å². The summed E-state index contributed by atoms with van der Waals surface area (Å²) in [6, 6.07) is 20.1. The molecular weight excluding hydrogens is 1140 g/mol. The lowest BCUT2D eigenvalue weighted by atomic mass is 9.52. The summed E-state index contributed by atoms with van der Waals surface area (Å²) in [7, 11) is 0. The summed E-state index contributed by atoms with van der Waals surface area (Å²) < 4.78 is 32.0. The van der Waals surface area contributed by atoms with Crippen LogP contribution in [0.15, 0.2) is 83.0 Å². The van der Waals surface area contributed by atoms with Crippen LogP contribution in [0.1, 0.15) is 222 Å². The molecule has 500 valence electrons. The summed E-state index contributed by atoms with van der Waals surface area (Å²) in [4.78, 5) is 52.6. The molecule has 13 heteroatoms. The van der Waals surface area contributed by atoms with Gasteiger partial charge in [0.05, 0.1) is 41.6 Å². The maximum absolute atomic E-state index is 13.6. The molecule has 0 radical (unpaired) electrons. The Labute approximate surface area is 544 Å². The van der Waals surface area contributed by atoms with Crippen molar-refractivity contribution in [3.8, 4) is 0 Å². The fourth-order valence-corrected chi connectivity index (χ4v) is 22.5. The van der Waals surface area contributed by atoms with Gasteiger partial charge in [0.1, 0.15) is 19.3 Å². The van der Waals surface area contributed by atoms with E-state index >= 15 is 0 Å². The number of fused-ring (bicyclic) bond motifs is 12. The molecule has 2 N–H and O–H groups in total. The van der Waals surface area contributed by atoms with Gasteiger partial charge < -0.3 is 43.7 Å². The molecule has 2 amide bonds. The number of aliphatic carboxylic acids is 1. The third kappa shape index (κ3) is 12.8. The number of hydrogen-bond donors (Lipinski definition) is 2. The standard InChI is InChI=1S/C39H55NO5.C36H51NO4.C3H6O2/c1-6-35(41)44-29-14-16-38(5)28(19-29)12-13-31-30-15-17-39(21-25(3)32(30)20-33(31)38)26(4)36-34(45-39)18-24(2)22-40(36)37(42)43-23-27-10-8-7-9-11-27;1-22-16-32-33(37(20-22)34(39)40-21-25-8-6-5-7-9-25)24(3)36(41-32)15-13-28-29-11-10-26-17-27(38)12-14-35(26,4)31(29)18-30(28)23(2)19-36;1-2-3(4)5/h7-11,24,26,28-31,33-34,36H,6,12-23H2,1-5H3;5-9,22,24,26-29,31-33,38H,10-21H2,1-4H3;2H2,1H3,(H,4,5)/t24-,26+,28+,29+,30-,31-,33-,34+,36-,38-,39-;22-,24+,26+,27+,28-,29-,31-,32+,33-,35-,36-;/m00./s1. The van der Waals surface area contributed by atoms with Gasteiger partial charge >= 0.3 is 24.1 Å². The van der Waals surface area contributed by atoms with Crippen LogP contribution >= 0.6 is 0 Å². The van der Waals surface area contributed by atoms with Crippen LogP contribution in [0.25, 0.3) is 0 Å². The number of likely N-dealkylation sites (tertiary alicyclic amines) is 2. The highest BCUT2D eigenvalue weighted by Gasteiger charge is 2.64. The number of piperidine rings is 2. The number of carboxylic acid groups (broad SMARTS) is 1. The lowest BCUT2D eigenvalue weighted by Crippen LogP contribution is -2.54. The first-order chi connectivity index (χ1) is 43.6. The molecule has 4 aliphatic heterocycles. The number of benzene rings is 2. The number of carbonyl (C=O) groups excluding carboxylic acids is 3. The quantitative estimate of drug-likeness (QED) is 0.154. The highest BCUT2D eigenvalue weighted by Crippen LogP contribution is 2.68. The number of amides is 2. The van der Waals surface area contributed by atoms with E-state index in [9.17, 15) is 24.3 Å². The fraction of sp³-hybridized carbons (Fsp3) is 0.744. The van der Waals surface area contributed by atoms with Crippen molar-refractivity contribution in [3.63, 3.8) is 0 Å². The van der Waals surface area contributed by atoms with E-state index in [0.717, 1.165) is 112 Å². The van der Waals surface area contributed by atoms with E-state index in [0.29, 0.717) is 66.0 Å². The molecule has 0 aromatic heterocycles. The van der Waals surface area contributed by atoms with Crippen molar-refractivity contribution in [2.24, 2.45) is 81.8 Å². The molecule has 2 aromatic carbocycles. The second kappa shape index (κ2) is 26.8. The van der Waals surface area contributed by atoms with E-state index in [4.69, 9.17) is 28.8 Å². The Kier molecular flexibility index (Phi) is 19.5. The number of hydrogen-bond acceptors (Lipinski definition) is 10. The van der Waals surface area contributed by atoms with Gasteiger partial charge in [0.2, 0.25) is 0 Å². The third-order valence-corrected chi connectivity index (χ3v) is 27.2. The molecule has 4 heterocycles. The van der Waals surface area contributed by atoms with E-state index < -0.39 is 5.97 Å². The second-order valence-electron chi connectivity index (χ2n) is 32.2. The van der Waals surface area contributed by atoms with Gasteiger partial charge in [0.25, 0.3) is 0 Å². The SMILES string of the molecule is CC1=C2C[C@H]3[C@@H](CC[C@@H]4C[C@H](O)CC[C@@]43C)[C@@H]2CC[C@@]2(C1)O[C@@H]1C[C@H](C)CN(C(=O)OCc3ccccc3)[C@H]1[C@H]2C.CCC(=O)O.CCC(=O)O[C@@H]1CC[C@@]2(C)[C@H](CC[C@H]3[C@@H]4CC[C@@]5(CC(C)=C4C[C@@H]32)O[C@@H]2C[C@H](C)CN(C(=O)OCc3ccccc3)[C@H]2[C@H]5C)C1. The van der Waals surface area contributed by atoms with Gasteiger partial charge in [-0.3, -0.25) is 9.59 Å². The number of carbonyl (C=O) groups is 4. The predicted molar refractivity (Wildman–Crippen MR) is 352 cm³/mol. The fourth-order valence-electron chi connectivity index (χ4n) is 22.5. The van der Waals surface area contributed by atoms with E-state index in [2.05, 4.69) is 55.4 Å². The molecule has 0 unspecified atom stereocenters. The molecule has 8 aliphatic carbocycles. The predicted octanol–water partition coefficient (Wildman–Crippen LogP) is 16.5. The van der Waals surface area contributed by atoms with Gasteiger partial charge in [-0.15, -0.1) is 0 Å². The average Bonchev–Trinajstić information content (AvgIpc) is 1.63. The van der Waals surface area contributed by atoms with Crippen LogP contribution in [0.4, 0.5) is 9.59 Å². The molecule has 12 aliphatic rings. The maximum Gasteiger partial charge on any atom is 0.410 e. The number of allylic oxidation sites excluding steroid dienone is 2. The Hall–Kier alpha value is -4.72. The number of aliphatic hydroxyl groups excluding tert-OH is 1. The summed E-state index contributed by atoms with van der Waals surface area (Å²) in [5, 5.41) is 18.1. The van der Waals surface area contributed by atoms with Crippen LogP contribution in [0.2, 0.25) is 0 Å². The molecule has 4 saturated heterocycles. The Bertz CT molecular complexity index is 3000. The molecule has 22 atom stereocenters. The first kappa shape index (κ1) is 66.3. The summed E-state index contributed by atoms with van der Waals surface area (Å²) in [5.74, 6) is 6.30. The zero-order valence-electron chi connectivity index (χ0n) is 57.0. The largest absolute Gasteiger partial charge is 0.481 e. The van der Waals surface area contributed by atoms with Crippen LogP contribution in [0.3, 0.4) is 0 Å². The molecule has 0 bridgehead atoms. The Morgan fingerprint density at radius 2 is 1.01 bits per heavy atom. The zero-order chi connectivity index (χ0) is 64.3. The zero-order valence-corrected chi connectivity index (χ0v) is 57.0. The van der Waals surface area contributed by atoms with Gasteiger partial charge in [-0.1, -0.05) is 138 Å². The van der Waals surface area contributed by atoms with Crippen LogP contribution in [0, 0.1) is 81.8 Å². The van der Waals surface area contributed by atoms with E-state index in [-0.39, 0.29) is 84.1 Å². The number of ether oxygens (including phenoxy) is 5. The highest BCUT2D eigenvalue weighted by atomic mass is 16.6. The molecule has 14 rings (SSSR count). The molecule has 13 nitrogen and oxygen atoms in total. The number of rotatable bonds is 7. The van der Waals surface area contributed by atoms with Crippen LogP contribution in [-0.2, 0) is 46.5 Å². The molecule has 6 saturated carbocycles. The first-order valence-electron chi connectivity index (χ1n) is 36.3. The Morgan fingerprint density at radius 1 is 0.571 bits per heavy atom. The summed E-state index contributed by atoms with van der Waals surface area (Å²) in [5.41, 5.74) is 9.01. The van der Waals surface area contributed by atoms with Crippen LogP contribution in [0.5, 0.6) is 0 Å². The summed E-state index contributed by atoms with van der Waals surface area (Å²) in [6.07, 6.45) is 23.2. The monoisotopic (exact) mass is 1250 g/mol. The first-order valence-corrected chi connectivity index (χ1v) is 36.3. The van der Waals surface area contributed by atoms with E-state index in [1.165, 1.54) is 64.2 Å². The van der Waals surface area contributed by atoms with Crippen molar-refractivity contribution in [1.29, 1.82) is 0 Å². The number of aliphatic hydroxyl groups is 1. The third-order valence-electron chi connectivity index (χ3n) is 27.2. The van der Waals surface area contributed by atoms with Gasteiger partial charge in [-0.25, -0.2) is 9.59 Å². The van der Waals surface area contributed by atoms with Crippen molar-refractivity contribution >= 4 is 24.1 Å². The Morgan fingerprint density at radius 3 is 1.45 bits per heavy atom. The maximum atomic E-state index is 13.6. The normalized spacial score (nSPS) is 41.8. The topological polar surface area (TPSA) is 161 Å². The number of carboxylic acids is 1. The molecule has 91 heavy (non-hydrogen) atoms. The minimum absolute atomic E-state index is 0.0417. The molecular formula is C78H112N2O11. The second-order valence-corrected chi connectivity index (χ2v) is 32.2. The number of esters is 1. The van der Waals surface area contributed by atoms with Gasteiger partial charge in [-0.2, -0.15) is 0 Å². The van der Waals surface area contributed by atoms with Crippen molar-refractivity contribution < 1.29 is 53.1 Å². The van der Waals surface area contributed by atoms with Crippen LogP contribution < -0.4 is 0 Å². The van der Waals surface area contributed by atoms with Gasteiger partial charge in [0.15, 0.2) is 0 Å². The highest BCUT2D eigenvalue weighted by molar-refractivity contribution is 5.70. The van der Waals surface area contributed by atoms with Crippen molar-refractivity contribution in [1.82, 2.24) is 9.80 Å². The van der Waals surface area contributed by atoms with Gasteiger partial charge in [0, 0.05) is 37.8 Å². The van der Waals surface area contributed by atoms with Crippen molar-refractivity contribution in [2.45, 2.75) is 271 Å². The molecule has 10 fully saturated rings. The van der Waals surface area contributed by atoms with Gasteiger partial charge in [-0.05, 0) is 223 Å². The smallest absolute Gasteiger partial charge is 0.410 e. The van der Waals surface area contributed by atoms with E-state index in [1.54, 1.807) is 29.2 Å². The molecule has 2 aromatic rings. The van der Waals surface area contributed by atoms with E-state index in [1.807, 2.05) is 77.4 Å². The number of nitrogens with zero attached hydrogens (tertiary/aromatic N) is 2. The minimum atomic E-state index is -0.745. The van der Waals surface area contributed by atoms with Crippen LogP contribution in [-0.4, -0.2) is 105 Å². The van der Waals surface area contributed by atoms with Crippen molar-refractivity contribution in [3.05, 3.63) is 94.1 Å². The Balaban J connectivity index is 0.000000164. The minimum Gasteiger partial charge on any atom is -0.481 e. The lowest BCUT2D eigenvalue weighted by molar-refractivity contribution is -0.156. The molecule has 2 spiro atoms.